The molecule has 0 saturated heterocycles. The summed E-state index contributed by atoms with van der Waals surface area (Å²) >= 11 is 6.36. The predicted octanol–water partition coefficient (Wildman–Crippen LogP) is 5.47. The first-order valence-electron chi connectivity index (χ1n) is 11.8. The molecular weight excluding hydrogens is 523 g/mol. The fourth-order valence-electron chi connectivity index (χ4n) is 4.14. The third kappa shape index (κ3) is 6.05. The van der Waals surface area contributed by atoms with Gasteiger partial charge in [-0.15, -0.1) is 0 Å². The van der Waals surface area contributed by atoms with E-state index in [9.17, 15) is 18.0 Å². The van der Waals surface area contributed by atoms with Crippen molar-refractivity contribution < 1.29 is 27.4 Å². The Morgan fingerprint density at radius 2 is 2.03 bits per heavy atom. The molecule has 1 amide bonds. The number of benzene rings is 2. The van der Waals surface area contributed by atoms with Gasteiger partial charge >= 0.3 is 6.61 Å². The van der Waals surface area contributed by atoms with Crippen molar-refractivity contribution in [3.8, 4) is 11.4 Å². The highest BCUT2D eigenvalue weighted by atomic mass is 35.5. The average molecular weight is 548 g/mol. The molecule has 12 heteroatoms. The van der Waals surface area contributed by atoms with Gasteiger partial charge in [0.05, 0.1) is 16.8 Å². The minimum absolute atomic E-state index is 0.0736. The van der Waals surface area contributed by atoms with E-state index >= 15 is 0 Å². The highest BCUT2D eigenvalue weighted by molar-refractivity contribution is 6.31. The Kier molecular flexibility index (Phi) is 8.48. The number of amides is 1. The molecule has 4 aromatic rings. The summed E-state index contributed by atoms with van der Waals surface area (Å²) in [7, 11) is 0. The topological polar surface area (TPSA) is 91.2 Å². The number of carbonyl (C=O) groups excluding carboxylic acids is 1. The van der Waals surface area contributed by atoms with Gasteiger partial charge in [0.15, 0.2) is 0 Å². The van der Waals surface area contributed by atoms with Crippen LogP contribution < -0.4 is 10.1 Å². The molecule has 1 atom stereocenters. The lowest BCUT2D eigenvalue weighted by molar-refractivity contribution is -0.152. The zero-order valence-electron chi connectivity index (χ0n) is 20.8. The quantitative estimate of drug-likeness (QED) is 0.283. The summed E-state index contributed by atoms with van der Waals surface area (Å²) in [6, 6.07) is 8.97. The molecule has 4 rings (SSSR count). The van der Waals surface area contributed by atoms with Gasteiger partial charge < -0.3 is 14.8 Å². The van der Waals surface area contributed by atoms with Crippen molar-refractivity contribution in [1.29, 1.82) is 0 Å². The van der Waals surface area contributed by atoms with Crippen LogP contribution in [0.1, 0.15) is 42.5 Å². The molecule has 2 aromatic carbocycles. The molecular formula is C26H25ClF3N5O3. The van der Waals surface area contributed by atoms with Gasteiger partial charge in [-0.25, -0.2) is 19.0 Å². The van der Waals surface area contributed by atoms with Crippen LogP contribution in [-0.4, -0.2) is 38.9 Å². The summed E-state index contributed by atoms with van der Waals surface area (Å²) in [5, 5.41) is 7.76. The van der Waals surface area contributed by atoms with E-state index in [1.54, 1.807) is 17.7 Å². The van der Waals surface area contributed by atoms with Gasteiger partial charge in [-0.2, -0.15) is 13.9 Å². The van der Waals surface area contributed by atoms with E-state index in [1.807, 2.05) is 32.0 Å². The van der Waals surface area contributed by atoms with Crippen LogP contribution in [-0.2, 0) is 22.6 Å². The number of aryl methyl sites for hydroxylation is 2. The zero-order valence-corrected chi connectivity index (χ0v) is 21.6. The fourth-order valence-corrected chi connectivity index (χ4v) is 4.41. The summed E-state index contributed by atoms with van der Waals surface area (Å²) < 4.78 is 50.7. The van der Waals surface area contributed by atoms with Crippen molar-refractivity contribution in [2.24, 2.45) is 0 Å². The predicted molar refractivity (Wildman–Crippen MR) is 135 cm³/mol. The SMILES string of the molecule is CCc1ncnn1-c1cc(C)nc2c(OCc3c(Cl)cc(F)cc3[C@H](C)NC(=O)COC(F)F)cccc12. The Morgan fingerprint density at radius 1 is 1.24 bits per heavy atom. The number of rotatable bonds is 10. The van der Waals surface area contributed by atoms with Gasteiger partial charge in [0.25, 0.3) is 0 Å². The summed E-state index contributed by atoms with van der Waals surface area (Å²) in [6.07, 6.45) is 2.19. The van der Waals surface area contributed by atoms with Gasteiger partial charge in [0.2, 0.25) is 5.91 Å². The van der Waals surface area contributed by atoms with E-state index in [1.165, 1.54) is 12.4 Å². The number of hydrogen-bond donors (Lipinski definition) is 1. The number of nitrogens with zero attached hydrogens (tertiary/aromatic N) is 4. The van der Waals surface area contributed by atoms with E-state index in [0.29, 0.717) is 28.8 Å². The summed E-state index contributed by atoms with van der Waals surface area (Å²) in [5.74, 6) is -0.156. The molecule has 2 aromatic heterocycles. The second kappa shape index (κ2) is 11.8. The lowest BCUT2D eigenvalue weighted by Crippen LogP contribution is -2.31. The van der Waals surface area contributed by atoms with Crippen molar-refractivity contribution in [2.75, 3.05) is 6.61 Å². The number of hydrogen-bond acceptors (Lipinski definition) is 6. The number of halogens is 4. The molecule has 200 valence electrons. The molecule has 0 radical (unpaired) electrons. The number of ether oxygens (including phenoxy) is 2. The normalized spacial score (nSPS) is 12.2. The minimum atomic E-state index is -3.08. The Morgan fingerprint density at radius 3 is 2.76 bits per heavy atom. The first kappa shape index (κ1) is 27.3. The van der Waals surface area contributed by atoms with Crippen molar-refractivity contribution in [2.45, 2.75) is 46.5 Å². The maximum absolute atomic E-state index is 14.2. The number of nitrogens with one attached hydrogen (secondary N) is 1. The average Bonchev–Trinajstić information content (AvgIpc) is 3.35. The van der Waals surface area contributed by atoms with Crippen molar-refractivity contribution in [3.05, 3.63) is 76.2 Å². The standard InChI is InChI=1S/C26H25ClF3N5O3/c1-4-23-31-13-32-35(23)21-8-14(2)33-25-17(21)6-5-7-22(25)37-11-19-18(9-16(28)10-20(19)27)15(3)34-24(36)12-38-26(29)30/h5-10,13,15,26H,4,11-12H2,1-3H3,(H,34,36)/t15-/m0/s1. The molecule has 0 unspecified atom stereocenters. The van der Waals surface area contributed by atoms with E-state index in [-0.39, 0.29) is 11.6 Å². The van der Waals surface area contributed by atoms with Gasteiger partial charge in [0, 0.05) is 23.1 Å². The number of alkyl halides is 2. The highest BCUT2D eigenvalue weighted by Crippen LogP contribution is 2.32. The van der Waals surface area contributed by atoms with Crippen LogP contribution in [0.15, 0.2) is 42.7 Å². The van der Waals surface area contributed by atoms with E-state index in [2.05, 4.69) is 25.1 Å². The molecule has 0 aliphatic rings. The number of aromatic nitrogens is 4. The van der Waals surface area contributed by atoms with Crippen LogP contribution in [0.2, 0.25) is 5.02 Å². The number of para-hydroxylation sites is 1. The van der Waals surface area contributed by atoms with E-state index in [0.717, 1.165) is 28.7 Å². The van der Waals surface area contributed by atoms with Crippen LogP contribution in [0.4, 0.5) is 13.2 Å². The first-order chi connectivity index (χ1) is 18.2. The van der Waals surface area contributed by atoms with Gasteiger partial charge in [-0.3, -0.25) is 4.79 Å². The molecule has 0 fully saturated rings. The monoisotopic (exact) mass is 547 g/mol. The fraction of sp³-hybridized carbons (Fsp3) is 0.308. The molecule has 38 heavy (non-hydrogen) atoms. The largest absolute Gasteiger partial charge is 0.487 e. The Bertz CT molecular complexity index is 1460. The number of pyridine rings is 1. The molecule has 0 aliphatic heterocycles. The van der Waals surface area contributed by atoms with Crippen LogP contribution in [0.5, 0.6) is 5.75 Å². The van der Waals surface area contributed by atoms with Crippen LogP contribution >= 0.6 is 11.6 Å². The third-order valence-electron chi connectivity index (χ3n) is 5.82. The highest BCUT2D eigenvalue weighted by Gasteiger charge is 2.20. The van der Waals surface area contributed by atoms with Crippen LogP contribution in [0.25, 0.3) is 16.6 Å². The lowest BCUT2D eigenvalue weighted by atomic mass is 10.0. The van der Waals surface area contributed by atoms with Crippen molar-refractivity contribution in [1.82, 2.24) is 25.1 Å². The Labute approximate surface area is 221 Å². The summed E-state index contributed by atoms with van der Waals surface area (Å²) in [6.45, 7) is 1.43. The Hall–Kier alpha value is -3.70. The molecule has 0 saturated carbocycles. The van der Waals surface area contributed by atoms with Gasteiger partial charge in [0.1, 0.15) is 42.4 Å². The molecule has 2 heterocycles. The number of fused-ring (bicyclic) bond motifs is 1. The number of carbonyl (C=O) groups is 1. The first-order valence-corrected chi connectivity index (χ1v) is 12.1. The maximum Gasteiger partial charge on any atom is 0.345 e. The minimum Gasteiger partial charge on any atom is -0.487 e. The van der Waals surface area contributed by atoms with E-state index < -0.39 is 31.0 Å². The lowest BCUT2D eigenvalue weighted by Gasteiger charge is -2.20. The van der Waals surface area contributed by atoms with Crippen molar-refractivity contribution in [3.63, 3.8) is 0 Å². The Balaban J connectivity index is 1.65. The van der Waals surface area contributed by atoms with Crippen molar-refractivity contribution >= 4 is 28.4 Å². The van der Waals surface area contributed by atoms with Gasteiger partial charge in [-0.1, -0.05) is 30.7 Å². The second-order valence-corrected chi connectivity index (χ2v) is 8.89. The zero-order chi connectivity index (χ0) is 27.4. The van der Waals surface area contributed by atoms with Crippen LogP contribution in [0.3, 0.4) is 0 Å². The maximum atomic E-state index is 14.2. The molecule has 8 nitrogen and oxygen atoms in total. The smallest absolute Gasteiger partial charge is 0.345 e. The van der Waals surface area contributed by atoms with Crippen LogP contribution in [0, 0.1) is 12.7 Å². The van der Waals surface area contributed by atoms with Gasteiger partial charge in [-0.05, 0) is 43.7 Å². The summed E-state index contributed by atoms with van der Waals surface area (Å²) in [5.41, 5.74) is 2.88. The molecule has 0 aliphatic carbocycles. The third-order valence-corrected chi connectivity index (χ3v) is 6.16. The second-order valence-electron chi connectivity index (χ2n) is 8.48. The molecule has 1 N–H and O–H groups in total. The molecule has 0 bridgehead atoms. The molecule has 0 spiro atoms. The van der Waals surface area contributed by atoms with E-state index in [4.69, 9.17) is 16.3 Å². The summed E-state index contributed by atoms with van der Waals surface area (Å²) in [4.78, 5) is 21.0.